The molecular weight excluding hydrogens is 252 g/mol. The molecule has 1 N–H and O–H groups in total. The van der Waals surface area contributed by atoms with Crippen molar-refractivity contribution >= 4 is 10.0 Å². The molecule has 2 heterocycles. The Morgan fingerprint density at radius 3 is 2.33 bits per heavy atom. The van der Waals surface area contributed by atoms with E-state index in [0.717, 1.165) is 0 Å². The van der Waals surface area contributed by atoms with Gasteiger partial charge < -0.3 is 5.11 Å². The number of aliphatic hydroxyl groups excluding tert-OH is 1. The van der Waals surface area contributed by atoms with Gasteiger partial charge in [-0.2, -0.15) is 0 Å². The smallest absolute Gasteiger partial charge is 0.211 e. The topological polar surface area (TPSA) is 60.9 Å². The van der Waals surface area contributed by atoms with Crippen LogP contribution in [0.3, 0.4) is 0 Å². The molecule has 0 aliphatic carbocycles. The summed E-state index contributed by atoms with van der Waals surface area (Å²) in [4.78, 5) is 2.39. The van der Waals surface area contributed by atoms with Gasteiger partial charge in [-0.05, 0) is 25.7 Å². The van der Waals surface area contributed by atoms with E-state index in [0.29, 0.717) is 18.6 Å². The van der Waals surface area contributed by atoms with Gasteiger partial charge in [0.1, 0.15) is 0 Å². The van der Waals surface area contributed by atoms with Gasteiger partial charge in [0.2, 0.25) is 10.0 Å². The van der Waals surface area contributed by atoms with Gasteiger partial charge in [-0.1, -0.05) is 6.42 Å². The highest BCUT2D eigenvalue weighted by Gasteiger charge is 2.37. The van der Waals surface area contributed by atoms with Crippen molar-refractivity contribution in [2.45, 2.75) is 50.3 Å². The summed E-state index contributed by atoms with van der Waals surface area (Å²) in [7, 11) is -1.68. The van der Waals surface area contributed by atoms with Gasteiger partial charge in [-0.25, -0.2) is 12.7 Å². The first-order chi connectivity index (χ1) is 8.38. The van der Waals surface area contributed by atoms with Gasteiger partial charge in [0.15, 0.2) is 0 Å². The van der Waals surface area contributed by atoms with Crippen LogP contribution in [0.15, 0.2) is 0 Å². The van der Waals surface area contributed by atoms with Crippen molar-refractivity contribution in [1.29, 1.82) is 0 Å². The lowest BCUT2D eigenvalue weighted by atomic mass is 10.0. The SMILES string of the molecule is CN(C[C@H](O)CN1[C@@H]2CCC[C@H]1CC2)S(C)(=O)=O. The Morgan fingerprint density at radius 2 is 1.83 bits per heavy atom. The summed E-state index contributed by atoms with van der Waals surface area (Å²) in [6.07, 6.45) is 6.80. The zero-order chi connectivity index (χ0) is 13.3. The lowest BCUT2D eigenvalue weighted by molar-refractivity contribution is 0.0551. The van der Waals surface area contributed by atoms with Crippen LogP contribution in [0.4, 0.5) is 0 Å². The maximum absolute atomic E-state index is 11.3. The molecule has 2 rings (SSSR count). The fourth-order valence-electron chi connectivity index (χ4n) is 3.26. The van der Waals surface area contributed by atoms with Crippen molar-refractivity contribution in [1.82, 2.24) is 9.21 Å². The highest BCUT2D eigenvalue weighted by Crippen LogP contribution is 2.35. The number of sulfonamides is 1. The number of likely N-dealkylation sites (N-methyl/N-ethyl adjacent to an activating group) is 1. The van der Waals surface area contributed by atoms with E-state index in [9.17, 15) is 13.5 Å². The fourth-order valence-corrected chi connectivity index (χ4v) is 3.70. The molecule has 2 bridgehead atoms. The molecule has 0 amide bonds. The van der Waals surface area contributed by atoms with Crippen LogP contribution in [0.2, 0.25) is 0 Å². The second-order valence-electron chi connectivity index (χ2n) is 5.71. The average Bonchev–Trinajstić information content (AvgIpc) is 2.49. The van der Waals surface area contributed by atoms with Crippen molar-refractivity contribution in [2.24, 2.45) is 0 Å². The summed E-state index contributed by atoms with van der Waals surface area (Å²) in [6, 6.07) is 1.23. The van der Waals surface area contributed by atoms with Gasteiger partial charge >= 0.3 is 0 Å². The van der Waals surface area contributed by atoms with E-state index >= 15 is 0 Å². The third kappa shape index (κ3) is 3.23. The van der Waals surface area contributed by atoms with Crippen LogP contribution in [0.25, 0.3) is 0 Å². The van der Waals surface area contributed by atoms with E-state index in [1.165, 1.54) is 49.7 Å². The van der Waals surface area contributed by atoms with E-state index in [1.54, 1.807) is 0 Å². The molecule has 3 atom stereocenters. The first-order valence-electron chi connectivity index (χ1n) is 6.73. The van der Waals surface area contributed by atoms with Crippen molar-refractivity contribution in [3.8, 4) is 0 Å². The number of rotatable bonds is 5. The Balaban J connectivity index is 1.86. The Morgan fingerprint density at radius 1 is 1.28 bits per heavy atom. The van der Waals surface area contributed by atoms with Crippen LogP contribution in [-0.4, -0.2) is 67.3 Å². The van der Waals surface area contributed by atoms with Crippen molar-refractivity contribution in [3.05, 3.63) is 0 Å². The summed E-state index contributed by atoms with van der Waals surface area (Å²) in [5.74, 6) is 0. The molecular formula is C12H24N2O3S. The number of piperidine rings is 1. The Kier molecular flexibility index (Phi) is 4.31. The molecule has 0 aromatic rings. The predicted octanol–water partition coefficient (Wildman–Crippen LogP) is 0.256. The monoisotopic (exact) mass is 276 g/mol. The molecule has 0 radical (unpaired) electrons. The molecule has 2 aliphatic rings. The minimum atomic E-state index is -3.20. The molecule has 6 heteroatoms. The van der Waals surface area contributed by atoms with Gasteiger partial charge in [0, 0.05) is 32.2 Å². The maximum Gasteiger partial charge on any atom is 0.211 e. The van der Waals surface area contributed by atoms with E-state index in [1.807, 2.05) is 0 Å². The summed E-state index contributed by atoms with van der Waals surface area (Å²) >= 11 is 0. The quantitative estimate of drug-likeness (QED) is 0.782. The molecule has 0 spiro atoms. The third-order valence-corrected chi connectivity index (χ3v) is 5.58. The summed E-state index contributed by atoms with van der Waals surface area (Å²) < 4.78 is 23.8. The average molecular weight is 276 g/mol. The van der Waals surface area contributed by atoms with Gasteiger partial charge in [-0.15, -0.1) is 0 Å². The maximum atomic E-state index is 11.3. The van der Waals surface area contributed by atoms with Crippen LogP contribution in [-0.2, 0) is 10.0 Å². The number of hydrogen-bond acceptors (Lipinski definition) is 4. The highest BCUT2D eigenvalue weighted by molar-refractivity contribution is 7.88. The van der Waals surface area contributed by atoms with Crippen molar-refractivity contribution in [3.63, 3.8) is 0 Å². The lowest BCUT2D eigenvalue weighted by Gasteiger charge is -2.36. The first-order valence-corrected chi connectivity index (χ1v) is 8.58. The normalized spacial score (nSPS) is 30.9. The second kappa shape index (κ2) is 5.45. The van der Waals surface area contributed by atoms with Gasteiger partial charge in [0.25, 0.3) is 0 Å². The Bertz CT molecular complexity index is 369. The zero-order valence-electron chi connectivity index (χ0n) is 11.2. The molecule has 2 saturated heterocycles. The molecule has 2 aliphatic heterocycles. The lowest BCUT2D eigenvalue weighted by Crippen LogP contribution is -2.47. The second-order valence-corrected chi connectivity index (χ2v) is 7.80. The van der Waals surface area contributed by atoms with E-state index in [2.05, 4.69) is 4.90 Å². The molecule has 2 fully saturated rings. The third-order valence-electron chi connectivity index (χ3n) is 4.30. The molecule has 18 heavy (non-hydrogen) atoms. The number of nitrogens with zero attached hydrogens (tertiary/aromatic N) is 2. The van der Waals surface area contributed by atoms with Gasteiger partial charge in [-0.3, -0.25) is 4.90 Å². The molecule has 0 aromatic heterocycles. The van der Waals surface area contributed by atoms with Crippen LogP contribution >= 0.6 is 0 Å². The zero-order valence-corrected chi connectivity index (χ0v) is 12.1. The fraction of sp³-hybridized carbons (Fsp3) is 1.00. The Hall–Kier alpha value is -0.170. The molecule has 106 valence electrons. The molecule has 0 unspecified atom stereocenters. The van der Waals surface area contributed by atoms with Gasteiger partial charge in [0.05, 0.1) is 12.4 Å². The van der Waals surface area contributed by atoms with E-state index in [4.69, 9.17) is 0 Å². The summed E-state index contributed by atoms with van der Waals surface area (Å²) in [5, 5.41) is 10.1. The predicted molar refractivity (Wildman–Crippen MR) is 70.8 cm³/mol. The number of hydrogen-bond donors (Lipinski definition) is 1. The summed E-state index contributed by atoms with van der Waals surface area (Å²) in [6.45, 7) is 0.796. The standard InChI is InChI=1S/C12H24N2O3S/c1-13(18(2,16)17)8-12(15)9-14-10-4-3-5-11(14)7-6-10/h10-12,15H,3-9H2,1-2H3/t10-,11+,12-/m0/s1. The van der Waals surface area contributed by atoms with Crippen LogP contribution in [0, 0.1) is 0 Å². The Labute approximate surface area is 110 Å². The van der Waals surface area contributed by atoms with Crippen LogP contribution < -0.4 is 0 Å². The summed E-state index contributed by atoms with van der Waals surface area (Å²) in [5.41, 5.74) is 0. The van der Waals surface area contributed by atoms with E-state index < -0.39 is 16.1 Å². The minimum Gasteiger partial charge on any atom is -0.390 e. The molecule has 5 nitrogen and oxygen atoms in total. The number of fused-ring (bicyclic) bond motifs is 2. The number of aliphatic hydroxyl groups is 1. The van der Waals surface area contributed by atoms with Crippen LogP contribution in [0.5, 0.6) is 0 Å². The van der Waals surface area contributed by atoms with E-state index in [-0.39, 0.29) is 6.54 Å². The largest absolute Gasteiger partial charge is 0.390 e. The van der Waals surface area contributed by atoms with Crippen LogP contribution in [0.1, 0.15) is 32.1 Å². The minimum absolute atomic E-state index is 0.189. The molecule has 0 saturated carbocycles. The molecule has 0 aromatic carbocycles. The van der Waals surface area contributed by atoms with Crippen molar-refractivity contribution in [2.75, 3.05) is 26.4 Å². The van der Waals surface area contributed by atoms with Crippen molar-refractivity contribution < 1.29 is 13.5 Å². The highest BCUT2D eigenvalue weighted by atomic mass is 32.2. The first kappa shape index (κ1) is 14.2.